The van der Waals surface area contributed by atoms with Crippen LogP contribution in [0.2, 0.25) is 0 Å². The van der Waals surface area contributed by atoms with Gasteiger partial charge in [-0.25, -0.2) is 0 Å². The summed E-state index contributed by atoms with van der Waals surface area (Å²) in [5.41, 5.74) is 5.41. The van der Waals surface area contributed by atoms with Crippen LogP contribution in [0.3, 0.4) is 0 Å². The van der Waals surface area contributed by atoms with E-state index in [0.717, 1.165) is 6.42 Å². The second-order valence-electron chi connectivity index (χ2n) is 4.55. The Balaban J connectivity index is 0.00000400. The van der Waals surface area contributed by atoms with Crippen molar-refractivity contribution in [2.45, 2.75) is 31.4 Å². The summed E-state index contributed by atoms with van der Waals surface area (Å²) in [4.78, 5) is 11.6. The molecule has 0 aliphatic heterocycles. The van der Waals surface area contributed by atoms with Crippen LogP contribution in [0.25, 0.3) is 0 Å². The van der Waals surface area contributed by atoms with Crippen LogP contribution in [0.15, 0.2) is 30.3 Å². The van der Waals surface area contributed by atoms with Crippen molar-refractivity contribution in [1.82, 2.24) is 5.32 Å². The highest BCUT2D eigenvalue weighted by molar-refractivity contribution is 5.85. The molecule has 1 atom stereocenters. The molecule has 3 N–H and O–H groups in total. The standard InChI is InChI=1S/C14H19F3N2O.ClH/c15-14(16,17)12(11-6-2-1-3-7-11)10-13(20)19-9-5-4-8-18;/h1-3,6-7,12H,4-5,8-10,18H2,(H,19,20);1H. The maximum atomic E-state index is 13.0. The Bertz CT molecular complexity index is 412. The quantitative estimate of drug-likeness (QED) is 0.758. The predicted molar refractivity (Wildman–Crippen MR) is 78.4 cm³/mol. The molecule has 21 heavy (non-hydrogen) atoms. The molecule has 1 rings (SSSR count). The second kappa shape index (κ2) is 9.63. The lowest BCUT2D eigenvalue weighted by Crippen LogP contribution is -2.31. The van der Waals surface area contributed by atoms with Crippen molar-refractivity contribution >= 4 is 18.3 Å². The molecule has 0 radical (unpaired) electrons. The van der Waals surface area contributed by atoms with Crippen LogP contribution in [-0.2, 0) is 4.79 Å². The maximum Gasteiger partial charge on any atom is 0.396 e. The molecule has 7 heteroatoms. The SMILES string of the molecule is Cl.NCCCCNC(=O)CC(c1ccccc1)C(F)(F)F. The van der Waals surface area contributed by atoms with Gasteiger partial charge in [0.1, 0.15) is 0 Å². The summed E-state index contributed by atoms with van der Waals surface area (Å²) in [5.74, 6) is -2.36. The van der Waals surface area contributed by atoms with Gasteiger partial charge in [-0.15, -0.1) is 12.4 Å². The van der Waals surface area contributed by atoms with Gasteiger partial charge in [-0.1, -0.05) is 30.3 Å². The molecule has 0 bridgehead atoms. The Morgan fingerprint density at radius 2 is 1.81 bits per heavy atom. The molecule has 0 fully saturated rings. The third-order valence-electron chi connectivity index (χ3n) is 2.94. The zero-order chi connectivity index (χ0) is 15.0. The van der Waals surface area contributed by atoms with Crippen molar-refractivity contribution < 1.29 is 18.0 Å². The summed E-state index contributed by atoms with van der Waals surface area (Å²) >= 11 is 0. The number of carbonyl (C=O) groups is 1. The minimum Gasteiger partial charge on any atom is -0.356 e. The highest BCUT2D eigenvalue weighted by Gasteiger charge is 2.41. The zero-order valence-electron chi connectivity index (χ0n) is 11.5. The number of halogens is 4. The molecule has 0 aliphatic carbocycles. The summed E-state index contributed by atoms with van der Waals surface area (Å²) in [6.45, 7) is 0.862. The number of nitrogens with two attached hydrogens (primary N) is 1. The average Bonchev–Trinajstić information content (AvgIpc) is 2.41. The van der Waals surface area contributed by atoms with Crippen LogP contribution >= 0.6 is 12.4 Å². The molecular formula is C14H20ClF3N2O. The fraction of sp³-hybridized carbons (Fsp3) is 0.500. The molecule has 120 valence electrons. The van der Waals surface area contributed by atoms with Crippen molar-refractivity contribution in [2.24, 2.45) is 5.73 Å². The minimum atomic E-state index is -4.43. The number of rotatable bonds is 7. The number of carbonyl (C=O) groups excluding carboxylic acids is 1. The van der Waals surface area contributed by atoms with Crippen molar-refractivity contribution in [3.05, 3.63) is 35.9 Å². The van der Waals surface area contributed by atoms with E-state index in [0.29, 0.717) is 19.5 Å². The topological polar surface area (TPSA) is 55.1 Å². The van der Waals surface area contributed by atoms with E-state index in [-0.39, 0.29) is 18.0 Å². The third kappa shape index (κ3) is 7.34. The van der Waals surface area contributed by atoms with E-state index >= 15 is 0 Å². The lowest BCUT2D eigenvalue weighted by atomic mass is 9.95. The molecule has 1 amide bonds. The number of unbranched alkanes of at least 4 members (excludes halogenated alkanes) is 1. The first kappa shape index (κ1) is 19.7. The first-order chi connectivity index (χ1) is 9.45. The molecule has 0 saturated carbocycles. The molecule has 1 unspecified atom stereocenters. The highest BCUT2D eigenvalue weighted by Crippen LogP contribution is 2.37. The van der Waals surface area contributed by atoms with Gasteiger partial charge in [0.2, 0.25) is 5.91 Å². The molecule has 0 saturated heterocycles. The predicted octanol–water partition coefficient (Wildman–Crippen LogP) is 3.00. The number of nitrogens with one attached hydrogen (secondary N) is 1. The van der Waals surface area contributed by atoms with Gasteiger partial charge < -0.3 is 11.1 Å². The van der Waals surface area contributed by atoms with Crippen LogP contribution in [0, 0.1) is 0 Å². The lowest BCUT2D eigenvalue weighted by molar-refractivity contribution is -0.157. The second-order valence-corrected chi connectivity index (χ2v) is 4.55. The largest absolute Gasteiger partial charge is 0.396 e. The van der Waals surface area contributed by atoms with E-state index in [1.807, 2.05) is 0 Å². The van der Waals surface area contributed by atoms with Crippen molar-refractivity contribution in [1.29, 1.82) is 0 Å². The maximum absolute atomic E-state index is 13.0. The van der Waals surface area contributed by atoms with Crippen molar-refractivity contribution in [2.75, 3.05) is 13.1 Å². The Hall–Kier alpha value is -1.27. The molecule has 3 nitrogen and oxygen atoms in total. The summed E-state index contributed by atoms with van der Waals surface area (Å²) < 4.78 is 39.0. The molecule has 0 aliphatic rings. The number of alkyl halides is 3. The van der Waals surface area contributed by atoms with Gasteiger partial charge in [-0.05, 0) is 24.9 Å². The van der Waals surface area contributed by atoms with E-state index < -0.39 is 24.4 Å². The fourth-order valence-corrected chi connectivity index (χ4v) is 1.86. The summed E-state index contributed by atoms with van der Waals surface area (Å²) in [6, 6.07) is 7.49. The lowest BCUT2D eigenvalue weighted by Gasteiger charge is -2.20. The van der Waals surface area contributed by atoms with Crippen LogP contribution < -0.4 is 11.1 Å². The number of hydrogen-bond acceptors (Lipinski definition) is 2. The Morgan fingerprint density at radius 3 is 2.33 bits per heavy atom. The Labute approximate surface area is 128 Å². The number of amides is 1. The molecule has 0 aromatic heterocycles. The summed E-state index contributed by atoms with van der Waals surface area (Å²) in [5, 5.41) is 2.50. The molecule has 0 spiro atoms. The molecular weight excluding hydrogens is 305 g/mol. The van der Waals surface area contributed by atoms with Gasteiger partial charge >= 0.3 is 6.18 Å². The van der Waals surface area contributed by atoms with E-state index in [9.17, 15) is 18.0 Å². The molecule has 1 aromatic rings. The van der Waals surface area contributed by atoms with Gasteiger partial charge in [0.15, 0.2) is 0 Å². The van der Waals surface area contributed by atoms with Crippen LogP contribution in [0.5, 0.6) is 0 Å². The fourth-order valence-electron chi connectivity index (χ4n) is 1.86. The zero-order valence-corrected chi connectivity index (χ0v) is 12.3. The third-order valence-corrected chi connectivity index (χ3v) is 2.94. The summed E-state index contributed by atoms with van der Waals surface area (Å²) in [6.07, 6.45) is -3.61. The first-order valence-corrected chi connectivity index (χ1v) is 6.53. The Morgan fingerprint density at radius 1 is 1.19 bits per heavy atom. The summed E-state index contributed by atoms with van der Waals surface area (Å²) in [7, 11) is 0. The number of benzene rings is 1. The molecule has 1 aromatic carbocycles. The van der Waals surface area contributed by atoms with E-state index in [1.165, 1.54) is 24.3 Å². The van der Waals surface area contributed by atoms with Crippen molar-refractivity contribution in [3.63, 3.8) is 0 Å². The smallest absolute Gasteiger partial charge is 0.356 e. The van der Waals surface area contributed by atoms with Crippen LogP contribution in [-0.4, -0.2) is 25.2 Å². The monoisotopic (exact) mass is 324 g/mol. The van der Waals surface area contributed by atoms with Gasteiger partial charge in [0.25, 0.3) is 0 Å². The van der Waals surface area contributed by atoms with Crippen molar-refractivity contribution in [3.8, 4) is 0 Å². The first-order valence-electron chi connectivity index (χ1n) is 6.53. The normalized spacial score (nSPS) is 12.4. The minimum absolute atomic E-state index is 0. The highest BCUT2D eigenvalue weighted by atomic mass is 35.5. The van der Waals surface area contributed by atoms with Gasteiger partial charge in [0.05, 0.1) is 5.92 Å². The number of hydrogen-bond donors (Lipinski definition) is 2. The molecule has 0 heterocycles. The van der Waals surface area contributed by atoms with Crippen LogP contribution in [0.1, 0.15) is 30.7 Å². The van der Waals surface area contributed by atoms with E-state index in [2.05, 4.69) is 5.32 Å². The van der Waals surface area contributed by atoms with Gasteiger partial charge in [0, 0.05) is 13.0 Å². The average molecular weight is 325 g/mol. The van der Waals surface area contributed by atoms with Gasteiger partial charge in [-0.3, -0.25) is 4.79 Å². The van der Waals surface area contributed by atoms with Crippen LogP contribution in [0.4, 0.5) is 13.2 Å². The van der Waals surface area contributed by atoms with E-state index in [4.69, 9.17) is 5.73 Å². The van der Waals surface area contributed by atoms with E-state index in [1.54, 1.807) is 6.07 Å². The van der Waals surface area contributed by atoms with Gasteiger partial charge in [-0.2, -0.15) is 13.2 Å². The Kier molecular flexibility index (Phi) is 9.05.